The van der Waals surface area contributed by atoms with Crippen molar-refractivity contribution >= 4 is 37.0 Å². The molecule has 0 atom stereocenters. The number of aryl methyl sites for hydroxylation is 1. The van der Waals surface area contributed by atoms with Gasteiger partial charge in [-0.05, 0) is 46.6 Å². The summed E-state index contributed by atoms with van der Waals surface area (Å²) in [5.41, 5.74) is 2.44. The molecule has 0 N–H and O–H groups in total. The molecule has 4 rings (SSSR count). The average Bonchev–Trinajstić information content (AvgIpc) is 3.19. The third kappa shape index (κ3) is 3.33. The standard InChI is InChI=1S/C19H13BrN2O4S/c1-12-7-8-15-17(27(23,24)26-14-5-3-2-4-6-14)9-16(13-10-21-25-11-13)22-19(15)18(12)20/h2-11H,1H3. The zero-order chi connectivity index (χ0) is 19.0. The number of fused-ring (bicyclic) bond motifs is 1. The van der Waals surface area contributed by atoms with Crippen molar-refractivity contribution in [2.75, 3.05) is 0 Å². The number of aromatic nitrogens is 2. The number of halogens is 1. The third-order valence-corrected chi connectivity index (χ3v) is 6.31. The van der Waals surface area contributed by atoms with Crippen LogP contribution < -0.4 is 4.18 Å². The number of hydrogen-bond donors (Lipinski definition) is 0. The molecule has 0 unspecified atom stereocenters. The zero-order valence-electron chi connectivity index (χ0n) is 14.1. The van der Waals surface area contributed by atoms with E-state index in [4.69, 9.17) is 8.71 Å². The van der Waals surface area contributed by atoms with E-state index in [1.165, 1.54) is 18.5 Å². The van der Waals surface area contributed by atoms with Crippen molar-refractivity contribution in [1.29, 1.82) is 0 Å². The molecule has 8 heteroatoms. The molecule has 2 aromatic carbocycles. The van der Waals surface area contributed by atoms with Gasteiger partial charge in [-0.2, -0.15) is 8.42 Å². The van der Waals surface area contributed by atoms with Crippen LogP contribution in [0.3, 0.4) is 0 Å². The van der Waals surface area contributed by atoms with E-state index in [9.17, 15) is 8.42 Å². The van der Waals surface area contributed by atoms with Crippen LogP contribution in [0, 0.1) is 6.92 Å². The number of pyridine rings is 1. The Bertz CT molecular complexity index is 1220. The molecule has 0 bridgehead atoms. The van der Waals surface area contributed by atoms with Crippen LogP contribution in [-0.4, -0.2) is 18.6 Å². The molecule has 2 heterocycles. The molecule has 0 amide bonds. The van der Waals surface area contributed by atoms with Gasteiger partial charge in [0.2, 0.25) is 0 Å². The summed E-state index contributed by atoms with van der Waals surface area (Å²) in [6.07, 6.45) is 2.89. The van der Waals surface area contributed by atoms with Gasteiger partial charge in [-0.25, -0.2) is 4.98 Å². The second-order valence-corrected chi connectivity index (χ2v) is 8.17. The largest absolute Gasteiger partial charge is 0.379 e. The van der Waals surface area contributed by atoms with Crippen LogP contribution >= 0.6 is 15.9 Å². The molecule has 0 aliphatic carbocycles. The topological polar surface area (TPSA) is 82.3 Å². The Kier molecular flexibility index (Phi) is 4.45. The highest BCUT2D eigenvalue weighted by molar-refractivity contribution is 9.10. The van der Waals surface area contributed by atoms with Crippen LogP contribution in [0.5, 0.6) is 5.75 Å². The van der Waals surface area contributed by atoms with Gasteiger partial charge in [0.25, 0.3) is 0 Å². The third-order valence-electron chi connectivity index (χ3n) is 4.02. The number of rotatable bonds is 4. The maximum Gasteiger partial charge on any atom is 0.339 e. The van der Waals surface area contributed by atoms with Crippen molar-refractivity contribution in [3.63, 3.8) is 0 Å². The molecule has 27 heavy (non-hydrogen) atoms. The molecule has 2 aromatic heterocycles. The fourth-order valence-electron chi connectivity index (χ4n) is 2.66. The minimum absolute atomic E-state index is 0.0215. The highest BCUT2D eigenvalue weighted by Crippen LogP contribution is 2.34. The summed E-state index contributed by atoms with van der Waals surface area (Å²) >= 11 is 3.51. The van der Waals surface area contributed by atoms with Gasteiger partial charge in [0.05, 0.1) is 23.0 Å². The van der Waals surface area contributed by atoms with E-state index in [2.05, 4.69) is 26.1 Å². The Balaban J connectivity index is 1.97. The number of nitrogens with zero attached hydrogens (tertiary/aromatic N) is 2. The van der Waals surface area contributed by atoms with Crippen LogP contribution in [0.15, 0.2) is 74.9 Å². The van der Waals surface area contributed by atoms with Crippen molar-refractivity contribution in [2.45, 2.75) is 11.8 Å². The summed E-state index contributed by atoms with van der Waals surface area (Å²) in [7, 11) is -4.09. The number of hydrogen-bond acceptors (Lipinski definition) is 6. The molecule has 0 fully saturated rings. The summed E-state index contributed by atoms with van der Waals surface area (Å²) in [6, 6.07) is 13.4. The summed E-state index contributed by atoms with van der Waals surface area (Å²) < 4.78 is 37.0. The van der Waals surface area contributed by atoms with Crippen LogP contribution in [-0.2, 0) is 10.1 Å². The molecular formula is C19H13BrN2O4S. The van der Waals surface area contributed by atoms with Crippen LogP contribution in [0.1, 0.15) is 5.56 Å². The van der Waals surface area contributed by atoms with Crippen molar-refractivity contribution < 1.29 is 17.1 Å². The first-order chi connectivity index (χ1) is 13.0. The molecule has 136 valence electrons. The SMILES string of the molecule is Cc1ccc2c(S(=O)(=O)Oc3ccccc3)cc(-c3cnoc3)nc2c1Br. The lowest BCUT2D eigenvalue weighted by molar-refractivity contribution is 0.420. The fraction of sp³-hybridized carbons (Fsp3) is 0.0526. The first-order valence-electron chi connectivity index (χ1n) is 7.95. The molecule has 0 saturated carbocycles. The monoisotopic (exact) mass is 444 g/mol. The molecule has 0 radical (unpaired) electrons. The van der Waals surface area contributed by atoms with Gasteiger partial charge < -0.3 is 8.71 Å². The summed E-state index contributed by atoms with van der Waals surface area (Å²) in [4.78, 5) is 4.61. The molecule has 0 saturated heterocycles. The highest BCUT2D eigenvalue weighted by atomic mass is 79.9. The average molecular weight is 445 g/mol. The Morgan fingerprint density at radius 1 is 1.11 bits per heavy atom. The predicted molar refractivity (Wildman–Crippen MR) is 104 cm³/mol. The molecule has 6 nitrogen and oxygen atoms in total. The minimum atomic E-state index is -4.09. The van der Waals surface area contributed by atoms with E-state index in [1.54, 1.807) is 36.4 Å². The highest BCUT2D eigenvalue weighted by Gasteiger charge is 2.24. The summed E-state index contributed by atoms with van der Waals surface area (Å²) in [6.45, 7) is 1.91. The lowest BCUT2D eigenvalue weighted by Crippen LogP contribution is -2.11. The molecule has 4 aromatic rings. The van der Waals surface area contributed by atoms with Crippen molar-refractivity contribution in [3.05, 3.63) is 71.0 Å². The first kappa shape index (κ1) is 17.7. The molecule has 0 spiro atoms. The van der Waals surface area contributed by atoms with Gasteiger partial charge in [-0.1, -0.05) is 35.5 Å². The normalized spacial score (nSPS) is 11.6. The van der Waals surface area contributed by atoms with Gasteiger partial charge in [0.1, 0.15) is 16.9 Å². The second kappa shape index (κ2) is 6.79. The summed E-state index contributed by atoms with van der Waals surface area (Å²) in [5, 5.41) is 4.13. The van der Waals surface area contributed by atoms with Crippen molar-refractivity contribution in [1.82, 2.24) is 10.1 Å². The molecule has 0 aliphatic rings. The Morgan fingerprint density at radius 2 is 1.89 bits per heavy atom. The maximum absolute atomic E-state index is 13.0. The van der Waals surface area contributed by atoms with Crippen LogP contribution in [0.4, 0.5) is 0 Å². The summed E-state index contributed by atoms with van der Waals surface area (Å²) in [5.74, 6) is 0.236. The Hall–Kier alpha value is -2.71. The first-order valence-corrected chi connectivity index (χ1v) is 10.1. The van der Waals surface area contributed by atoms with Gasteiger partial charge in [-0.3, -0.25) is 0 Å². The van der Waals surface area contributed by atoms with Crippen molar-refractivity contribution in [3.8, 4) is 17.0 Å². The van der Waals surface area contributed by atoms with E-state index < -0.39 is 10.1 Å². The van der Waals surface area contributed by atoms with E-state index in [-0.39, 0.29) is 10.6 Å². The predicted octanol–water partition coefficient (Wildman–Crippen LogP) is 4.73. The van der Waals surface area contributed by atoms with Gasteiger partial charge in [-0.15, -0.1) is 0 Å². The molecular weight excluding hydrogens is 432 g/mol. The van der Waals surface area contributed by atoms with E-state index in [1.807, 2.05) is 13.0 Å². The number of para-hydroxylation sites is 1. The van der Waals surface area contributed by atoms with Gasteiger partial charge in [0, 0.05) is 9.86 Å². The lowest BCUT2D eigenvalue weighted by Gasteiger charge is -2.12. The minimum Gasteiger partial charge on any atom is -0.379 e. The Morgan fingerprint density at radius 3 is 2.59 bits per heavy atom. The van der Waals surface area contributed by atoms with E-state index >= 15 is 0 Å². The van der Waals surface area contributed by atoms with Crippen molar-refractivity contribution in [2.24, 2.45) is 0 Å². The smallest absolute Gasteiger partial charge is 0.339 e. The van der Waals surface area contributed by atoms with Gasteiger partial charge in [0.15, 0.2) is 0 Å². The zero-order valence-corrected chi connectivity index (χ0v) is 16.5. The van der Waals surface area contributed by atoms with Crippen LogP contribution in [0.2, 0.25) is 0 Å². The quantitative estimate of drug-likeness (QED) is 0.423. The maximum atomic E-state index is 13.0. The lowest BCUT2D eigenvalue weighted by atomic mass is 10.1. The van der Waals surface area contributed by atoms with E-state index in [0.717, 1.165) is 10.0 Å². The van der Waals surface area contributed by atoms with Gasteiger partial charge >= 0.3 is 10.1 Å². The number of benzene rings is 2. The fourth-order valence-corrected chi connectivity index (χ4v) is 4.24. The van der Waals surface area contributed by atoms with Crippen LogP contribution in [0.25, 0.3) is 22.2 Å². The van der Waals surface area contributed by atoms with E-state index in [0.29, 0.717) is 22.2 Å². The molecule has 0 aliphatic heterocycles. The Labute approximate surface area is 164 Å². The second-order valence-electron chi connectivity index (χ2n) is 5.86.